The summed E-state index contributed by atoms with van der Waals surface area (Å²) in [6.07, 6.45) is 5.03. The van der Waals surface area contributed by atoms with Gasteiger partial charge in [-0.1, -0.05) is 33.3 Å². The molecule has 1 aromatic heterocycles. The van der Waals surface area contributed by atoms with E-state index in [1.165, 1.54) is 0 Å². The summed E-state index contributed by atoms with van der Waals surface area (Å²) in [5.41, 5.74) is 0.898. The Morgan fingerprint density at radius 3 is 2.87 bits per heavy atom. The van der Waals surface area contributed by atoms with Crippen LogP contribution in [0.25, 0.3) is 0 Å². The van der Waals surface area contributed by atoms with E-state index in [0.717, 1.165) is 24.1 Å². The summed E-state index contributed by atoms with van der Waals surface area (Å²) in [6.45, 7) is 8.84. The van der Waals surface area contributed by atoms with Gasteiger partial charge in [0, 0.05) is 24.9 Å². The van der Waals surface area contributed by atoms with Crippen LogP contribution in [-0.4, -0.2) is 28.1 Å². The highest BCUT2D eigenvalue weighted by atomic mass is 16.3. The predicted octanol–water partition coefficient (Wildman–Crippen LogP) is 2.87. The van der Waals surface area contributed by atoms with Gasteiger partial charge in [0.15, 0.2) is 0 Å². The molecule has 1 aromatic rings. The van der Waals surface area contributed by atoms with Gasteiger partial charge in [-0.05, 0) is 49.1 Å². The van der Waals surface area contributed by atoms with Gasteiger partial charge in [-0.25, -0.2) is 0 Å². The largest absolute Gasteiger partial charge is 0.380 e. The maximum Gasteiger partial charge on any atom is 0.252 e. The summed E-state index contributed by atoms with van der Waals surface area (Å²) >= 11 is 0. The Bertz CT molecular complexity index is 544. The van der Waals surface area contributed by atoms with Gasteiger partial charge in [0.05, 0.1) is 0 Å². The Hall–Kier alpha value is -1.42. The number of nitrogens with one attached hydrogen (secondary N) is 1. The van der Waals surface area contributed by atoms with E-state index in [0.29, 0.717) is 31.2 Å². The van der Waals surface area contributed by atoms with E-state index in [4.69, 9.17) is 0 Å². The SMILES string of the molecule is Cc1cccnc1CCNC(=O)[C@]1(O)C[C@H](C)CC[C@H]1C(C)C. The molecule has 2 N–H and O–H groups in total. The number of nitrogens with zero attached hydrogens (tertiary/aromatic N) is 1. The molecule has 2 rings (SSSR count). The molecule has 0 aliphatic heterocycles. The van der Waals surface area contributed by atoms with Gasteiger partial charge in [0.1, 0.15) is 5.60 Å². The van der Waals surface area contributed by atoms with E-state index in [9.17, 15) is 9.90 Å². The fourth-order valence-electron chi connectivity index (χ4n) is 3.86. The number of amides is 1. The molecule has 1 aliphatic rings. The van der Waals surface area contributed by atoms with Crippen molar-refractivity contribution in [3.05, 3.63) is 29.6 Å². The van der Waals surface area contributed by atoms with Crippen molar-refractivity contribution in [3.8, 4) is 0 Å². The average Bonchev–Trinajstić information content (AvgIpc) is 2.48. The van der Waals surface area contributed by atoms with Crippen molar-refractivity contribution >= 4 is 5.91 Å². The Kier molecular flexibility index (Phi) is 5.79. The molecule has 1 amide bonds. The molecule has 128 valence electrons. The third kappa shape index (κ3) is 4.11. The number of hydrogen-bond donors (Lipinski definition) is 2. The topological polar surface area (TPSA) is 62.2 Å². The molecule has 1 aliphatic carbocycles. The molecule has 1 heterocycles. The number of carbonyl (C=O) groups is 1. The van der Waals surface area contributed by atoms with Crippen LogP contribution in [0.3, 0.4) is 0 Å². The lowest BCUT2D eigenvalue weighted by molar-refractivity contribution is -0.155. The Morgan fingerprint density at radius 1 is 1.48 bits per heavy atom. The first-order valence-corrected chi connectivity index (χ1v) is 8.75. The van der Waals surface area contributed by atoms with Crippen molar-refractivity contribution in [1.29, 1.82) is 0 Å². The normalized spacial score (nSPS) is 27.9. The van der Waals surface area contributed by atoms with Crippen molar-refractivity contribution < 1.29 is 9.90 Å². The first-order chi connectivity index (χ1) is 10.8. The smallest absolute Gasteiger partial charge is 0.252 e. The quantitative estimate of drug-likeness (QED) is 0.877. The minimum Gasteiger partial charge on any atom is -0.380 e. The number of aryl methyl sites for hydroxylation is 1. The third-order valence-electron chi connectivity index (χ3n) is 5.21. The van der Waals surface area contributed by atoms with Crippen LogP contribution in [0, 0.1) is 24.7 Å². The van der Waals surface area contributed by atoms with Crippen LogP contribution in [-0.2, 0) is 11.2 Å². The van der Waals surface area contributed by atoms with Gasteiger partial charge in [-0.2, -0.15) is 0 Å². The highest BCUT2D eigenvalue weighted by Crippen LogP contribution is 2.41. The standard InChI is InChI=1S/C19H30N2O2/c1-13(2)16-8-7-14(3)12-19(16,23)18(22)21-11-9-17-15(4)6-5-10-20-17/h5-6,10,13-14,16,23H,7-9,11-12H2,1-4H3,(H,21,22)/t14-,16+,19+/m1/s1. The molecular formula is C19H30N2O2. The molecule has 1 saturated carbocycles. The van der Waals surface area contributed by atoms with Gasteiger partial charge in [0.2, 0.25) is 0 Å². The summed E-state index contributed by atoms with van der Waals surface area (Å²) in [7, 11) is 0. The van der Waals surface area contributed by atoms with Crippen molar-refractivity contribution in [2.75, 3.05) is 6.54 Å². The second-order valence-corrected chi connectivity index (χ2v) is 7.43. The second kappa shape index (κ2) is 7.43. The zero-order chi connectivity index (χ0) is 17.0. The maximum absolute atomic E-state index is 12.7. The van der Waals surface area contributed by atoms with Gasteiger partial charge in [-0.3, -0.25) is 9.78 Å². The minimum absolute atomic E-state index is 0.0373. The third-order valence-corrected chi connectivity index (χ3v) is 5.21. The Labute approximate surface area is 139 Å². The van der Waals surface area contributed by atoms with Crippen molar-refractivity contribution in [3.63, 3.8) is 0 Å². The molecule has 4 nitrogen and oxygen atoms in total. The summed E-state index contributed by atoms with van der Waals surface area (Å²) in [5.74, 6) is 0.515. The molecule has 0 bridgehead atoms. The lowest BCUT2D eigenvalue weighted by Crippen LogP contribution is -2.56. The molecule has 23 heavy (non-hydrogen) atoms. The fourth-order valence-corrected chi connectivity index (χ4v) is 3.86. The minimum atomic E-state index is -1.23. The molecule has 0 radical (unpaired) electrons. The van der Waals surface area contributed by atoms with Crippen LogP contribution in [0.5, 0.6) is 0 Å². The van der Waals surface area contributed by atoms with Crippen LogP contribution in [0.15, 0.2) is 18.3 Å². The zero-order valence-electron chi connectivity index (χ0n) is 14.8. The van der Waals surface area contributed by atoms with Crippen LogP contribution in [0.4, 0.5) is 0 Å². The Morgan fingerprint density at radius 2 is 2.22 bits per heavy atom. The lowest BCUT2D eigenvalue weighted by Gasteiger charge is -2.43. The molecule has 0 aromatic carbocycles. The van der Waals surface area contributed by atoms with Gasteiger partial charge < -0.3 is 10.4 Å². The molecule has 0 saturated heterocycles. The van der Waals surface area contributed by atoms with Crippen LogP contribution in [0.1, 0.15) is 51.3 Å². The van der Waals surface area contributed by atoms with Crippen LogP contribution >= 0.6 is 0 Å². The van der Waals surface area contributed by atoms with E-state index in [1.807, 2.05) is 19.1 Å². The van der Waals surface area contributed by atoms with E-state index in [-0.39, 0.29) is 11.8 Å². The molecule has 4 heteroatoms. The summed E-state index contributed by atoms with van der Waals surface area (Å²) in [6, 6.07) is 3.94. The van der Waals surface area contributed by atoms with Gasteiger partial charge >= 0.3 is 0 Å². The summed E-state index contributed by atoms with van der Waals surface area (Å²) in [4.78, 5) is 17.0. The molecular weight excluding hydrogens is 288 g/mol. The predicted molar refractivity (Wildman–Crippen MR) is 92.0 cm³/mol. The number of pyridine rings is 1. The van der Waals surface area contributed by atoms with Crippen molar-refractivity contribution in [2.24, 2.45) is 17.8 Å². The molecule has 0 spiro atoms. The van der Waals surface area contributed by atoms with E-state index < -0.39 is 5.60 Å². The maximum atomic E-state index is 12.7. The van der Waals surface area contributed by atoms with Gasteiger partial charge in [0.25, 0.3) is 5.91 Å². The van der Waals surface area contributed by atoms with Crippen LogP contribution in [0.2, 0.25) is 0 Å². The highest BCUT2D eigenvalue weighted by molar-refractivity contribution is 5.85. The Balaban J connectivity index is 1.98. The fraction of sp³-hybridized carbons (Fsp3) is 0.684. The number of hydrogen-bond acceptors (Lipinski definition) is 3. The van der Waals surface area contributed by atoms with E-state index in [1.54, 1.807) is 6.20 Å². The molecule has 1 fully saturated rings. The summed E-state index contributed by atoms with van der Waals surface area (Å²) < 4.78 is 0. The first kappa shape index (κ1) is 17.9. The van der Waals surface area contributed by atoms with E-state index in [2.05, 4.69) is 31.1 Å². The number of rotatable bonds is 5. The first-order valence-electron chi connectivity index (χ1n) is 8.75. The number of aromatic nitrogens is 1. The second-order valence-electron chi connectivity index (χ2n) is 7.43. The van der Waals surface area contributed by atoms with Crippen LogP contribution < -0.4 is 5.32 Å². The lowest BCUT2D eigenvalue weighted by atomic mass is 9.66. The van der Waals surface area contributed by atoms with E-state index >= 15 is 0 Å². The molecule has 0 unspecified atom stereocenters. The molecule has 3 atom stereocenters. The highest BCUT2D eigenvalue weighted by Gasteiger charge is 2.48. The van der Waals surface area contributed by atoms with Crippen molar-refractivity contribution in [2.45, 2.75) is 59.0 Å². The van der Waals surface area contributed by atoms with Gasteiger partial charge in [-0.15, -0.1) is 0 Å². The number of carbonyl (C=O) groups excluding carboxylic acids is 1. The monoisotopic (exact) mass is 318 g/mol. The average molecular weight is 318 g/mol. The van der Waals surface area contributed by atoms with Crippen molar-refractivity contribution in [1.82, 2.24) is 10.3 Å². The summed E-state index contributed by atoms with van der Waals surface area (Å²) in [5, 5.41) is 14.0. The zero-order valence-corrected chi connectivity index (χ0v) is 14.8. The number of aliphatic hydroxyl groups is 1.